The standard InChI is InChI=1S/C19H26N2O3.ClH/c1-4-24-16-11-19(20,18(16,2)3)17(23)21-13-9-8-12-6-5-7-15(22)14(12)10-13;/h8-10,16H,4-7,11,20H2,1-3H3,(H,21,23);1H. The lowest BCUT2D eigenvalue weighted by Gasteiger charge is -2.57. The maximum atomic E-state index is 12.8. The summed E-state index contributed by atoms with van der Waals surface area (Å²) in [6.07, 6.45) is 2.89. The van der Waals surface area contributed by atoms with Crippen LogP contribution in [0.15, 0.2) is 18.2 Å². The number of anilines is 1. The Morgan fingerprint density at radius 3 is 2.72 bits per heavy atom. The molecule has 25 heavy (non-hydrogen) atoms. The molecule has 0 aliphatic heterocycles. The van der Waals surface area contributed by atoms with Crippen LogP contribution in [0.25, 0.3) is 0 Å². The number of ether oxygens (including phenoxy) is 1. The molecule has 0 saturated heterocycles. The second-order valence-corrected chi connectivity index (χ2v) is 7.44. The molecular weight excluding hydrogens is 340 g/mol. The van der Waals surface area contributed by atoms with Gasteiger partial charge in [0.1, 0.15) is 5.54 Å². The van der Waals surface area contributed by atoms with Gasteiger partial charge in [-0.3, -0.25) is 9.59 Å². The summed E-state index contributed by atoms with van der Waals surface area (Å²) < 4.78 is 5.67. The Bertz CT molecular complexity index is 689. The van der Waals surface area contributed by atoms with E-state index in [0.29, 0.717) is 25.1 Å². The van der Waals surface area contributed by atoms with E-state index in [1.54, 1.807) is 6.07 Å². The lowest BCUT2D eigenvalue weighted by molar-refractivity contribution is -0.166. The number of rotatable bonds is 4. The third-order valence-corrected chi connectivity index (χ3v) is 5.75. The van der Waals surface area contributed by atoms with Gasteiger partial charge in [-0.05, 0) is 37.5 Å². The van der Waals surface area contributed by atoms with Crippen LogP contribution >= 0.6 is 12.4 Å². The molecule has 1 saturated carbocycles. The first kappa shape index (κ1) is 19.9. The zero-order valence-corrected chi connectivity index (χ0v) is 15.9. The molecule has 1 aromatic rings. The monoisotopic (exact) mass is 366 g/mol. The molecule has 0 bridgehead atoms. The van der Waals surface area contributed by atoms with Crippen molar-refractivity contribution in [2.75, 3.05) is 11.9 Å². The number of carbonyl (C=O) groups excluding carboxylic acids is 2. The minimum Gasteiger partial charge on any atom is -0.378 e. The highest BCUT2D eigenvalue weighted by atomic mass is 35.5. The first-order valence-electron chi connectivity index (χ1n) is 8.67. The van der Waals surface area contributed by atoms with Gasteiger partial charge < -0.3 is 15.8 Å². The van der Waals surface area contributed by atoms with Crippen LogP contribution in [0, 0.1) is 5.41 Å². The lowest BCUT2D eigenvalue weighted by atomic mass is 9.54. The van der Waals surface area contributed by atoms with E-state index in [2.05, 4.69) is 5.32 Å². The van der Waals surface area contributed by atoms with Gasteiger partial charge in [0, 0.05) is 36.1 Å². The van der Waals surface area contributed by atoms with Crippen LogP contribution in [0.1, 0.15) is 56.0 Å². The van der Waals surface area contributed by atoms with E-state index in [1.807, 2.05) is 32.9 Å². The maximum absolute atomic E-state index is 12.8. The molecule has 1 fully saturated rings. The minimum absolute atomic E-state index is 0. The Labute approximate surface area is 155 Å². The summed E-state index contributed by atoms with van der Waals surface area (Å²) in [5.41, 5.74) is 7.42. The fourth-order valence-electron chi connectivity index (χ4n) is 3.77. The van der Waals surface area contributed by atoms with Crippen molar-refractivity contribution in [1.82, 2.24) is 0 Å². The number of carbonyl (C=O) groups is 2. The van der Waals surface area contributed by atoms with Crippen LogP contribution in [-0.2, 0) is 16.0 Å². The molecule has 0 heterocycles. The molecule has 0 aromatic heterocycles. The number of Topliss-reactive ketones (excluding diaryl/α,β-unsaturated/α-hetero) is 1. The first-order valence-corrected chi connectivity index (χ1v) is 8.67. The summed E-state index contributed by atoms with van der Waals surface area (Å²) in [6, 6.07) is 5.56. The summed E-state index contributed by atoms with van der Waals surface area (Å²) in [6.45, 7) is 6.48. The molecule has 5 nitrogen and oxygen atoms in total. The normalized spacial score (nSPS) is 26.9. The van der Waals surface area contributed by atoms with Gasteiger partial charge in [0.15, 0.2) is 5.78 Å². The second-order valence-electron chi connectivity index (χ2n) is 7.44. The van der Waals surface area contributed by atoms with E-state index < -0.39 is 11.0 Å². The van der Waals surface area contributed by atoms with Crippen LogP contribution in [0.3, 0.4) is 0 Å². The smallest absolute Gasteiger partial charge is 0.245 e. The number of halogens is 1. The summed E-state index contributed by atoms with van der Waals surface area (Å²) in [4.78, 5) is 24.8. The van der Waals surface area contributed by atoms with E-state index in [9.17, 15) is 9.59 Å². The third kappa shape index (κ3) is 3.21. The molecule has 2 aliphatic carbocycles. The number of aryl methyl sites for hydroxylation is 1. The molecule has 2 unspecified atom stereocenters. The van der Waals surface area contributed by atoms with E-state index in [0.717, 1.165) is 24.0 Å². The second kappa shape index (κ2) is 7.06. The zero-order chi connectivity index (χ0) is 17.5. The molecule has 6 heteroatoms. The number of benzene rings is 1. The SMILES string of the molecule is CCOC1CC(N)(C(=O)Nc2ccc3c(c2)C(=O)CCC3)C1(C)C.Cl. The van der Waals surface area contributed by atoms with Crippen LogP contribution in [0.5, 0.6) is 0 Å². The lowest BCUT2D eigenvalue weighted by Crippen LogP contribution is -2.74. The van der Waals surface area contributed by atoms with E-state index in [4.69, 9.17) is 10.5 Å². The number of ketones is 1. The average molecular weight is 367 g/mol. The predicted octanol–water partition coefficient (Wildman–Crippen LogP) is 3.10. The van der Waals surface area contributed by atoms with Gasteiger partial charge in [-0.25, -0.2) is 0 Å². The molecule has 1 aromatic carbocycles. The van der Waals surface area contributed by atoms with Gasteiger partial charge in [-0.2, -0.15) is 0 Å². The molecule has 138 valence electrons. The zero-order valence-electron chi connectivity index (χ0n) is 15.1. The van der Waals surface area contributed by atoms with Crippen molar-refractivity contribution in [2.24, 2.45) is 11.1 Å². The number of hydrogen-bond acceptors (Lipinski definition) is 4. The highest BCUT2D eigenvalue weighted by molar-refractivity contribution is 6.03. The largest absolute Gasteiger partial charge is 0.378 e. The average Bonchev–Trinajstić information content (AvgIpc) is 2.55. The van der Waals surface area contributed by atoms with Crippen molar-refractivity contribution in [3.8, 4) is 0 Å². The van der Waals surface area contributed by atoms with Gasteiger partial charge in [-0.1, -0.05) is 19.9 Å². The molecular formula is C19H27ClN2O3. The van der Waals surface area contributed by atoms with Crippen LogP contribution in [-0.4, -0.2) is 29.9 Å². The summed E-state index contributed by atoms with van der Waals surface area (Å²) in [7, 11) is 0. The Morgan fingerprint density at radius 1 is 1.36 bits per heavy atom. The number of nitrogens with two attached hydrogens (primary N) is 1. The minimum atomic E-state index is -0.966. The van der Waals surface area contributed by atoms with E-state index in [-0.39, 0.29) is 30.2 Å². The van der Waals surface area contributed by atoms with Gasteiger partial charge in [0.25, 0.3) is 0 Å². The molecule has 1 amide bonds. The molecule has 0 spiro atoms. The summed E-state index contributed by atoms with van der Waals surface area (Å²) in [5, 5.41) is 2.90. The Hall–Kier alpha value is -1.43. The van der Waals surface area contributed by atoms with Crippen LogP contribution in [0.2, 0.25) is 0 Å². The number of nitrogens with one attached hydrogen (secondary N) is 1. The highest BCUT2D eigenvalue weighted by Crippen LogP contribution is 2.50. The number of amides is 1. The van der Waals surface area contributed by atoms with Crippen molar-refractivity contribution in [2.45, 2.75) is 58.1 Å². The van der Waals surface area contributed by atoms with Crippen molar-refractivity contribution >= 4 is 29.8 Å². The predicted molar refractivity (Wildman–Crippen MR) is 100 cm³/mol. The van der Waals surface area contributed by atoms with Crippen LogP contribution < -0.4 is 11.1 Å². The van der Waals surface area contributed by atoms with Gasteiger partial charge in [0.05, 0.1) is 6.10 Å². The molecule has 2 atom stereocenters. The van der Waals surface area contributed by atoms with Crippen molar-refractivity contribution in [1.29, 1.82) is 0 Å². The number of fused-ring (bicyclic) bond motifs is 1. The Balaban J connectivity index is 0.00000225. The Kier molecular flexibility index (Phi) is 5.62. The number of hydrogen-bond donors (Lipinski definition) is 2. The summed E-state index contributed by atoms with van der Waals surface area (Å²) >= 11 is 0. The topological polar surface area (TPSA) is 81.4 Å². The fourth-order valence-corrected chi connectivity index (χ4v) is 3.77. The van der Waals surface area contributed by atoms with E-state index in [1.165, 1.54) is 0 Å². The van der Waals surface area contributed by atoms with Gasteiger partial charge >= 0.3 is 0 Å². The molecule has 3 rings (SSSR count). The molecule has 2 aliphatic rings. The van der Waals surface area contributed by atoms with Crippen molar-refractivity contribution in [3.63, 3.8) is 0 Å². The summed E-state index contributed by atoms with van der Waals surface area (Å²) in [5.74, 6) is -0.0677. The quantitative estimate of drug-likeness (QED) is 0.857. The van der Waals surface area contributed by atoms with Crippen LogP contribution in [0.4, 0.5) is 5.69 Å². The molecule has 3 N–H and O–H groups in total. The first-order chi connectivity index (χ1) is 11.3. The molecule has 0 radical (unpaired) electrons. The third-order valence-electron chi connectivity index (χ3n) is 5.75. The van der Waals surface area contributed by atoms with Crippen molar-refractivity contribution in [3.05, 3.63) is 29.3 Å². The van der Waals surface area contributed by atoms with Gasteiger partial charge in [0.2, 0.25) is 5.91 Å². The maximum Gasteiger partial charge on any atom is 0.245 e. The van der Waals surface area contributed by atoms with Gasteiger partial charge in [-0.15, -0.1) is 12.4 Å². The fraction of sp³-hybridized carbons (Fsp3) is 0.579. The highest BCUT2D eigenvalue weighted by Gasteiger charge is 2.62. The van der Waals surface area contributed by atoms with Crippen molar-refractivity contribution < 1.29 is 14.3 Å². The Morgan fingerprint density at radius 2 is 2.08 bits per heavy atom. The van der Waals surface area contributed by atoms with E-state index >= 15 is 0 Å².